The first-order valence-electron chi connectivity index (χ1n) is 8.51. The molecule has 6 nitrogen and oxygen atoms in total. The van der Waals surface area contributed by atoms with Gasteiger partial charge in [0.25, 0.3) is 24.3 Å². The average Bonchev–Trinajstić information content (AvgIpc) is 2.53. The second-order valence-corrected chi connectivity index (χ2v) is 10.6. The largest absolute Gasteiger partial charge is 0.499 e. The van der Waals surface area contributed by atoms with E-state index in [2.05, 4.69) is 0 Å². The van der Waals surface area contributed by atoms with Crippen molar-refractivity contribution in [3.8, 4) is 0 Å². The van der Waals surface area contributed by atoms with E-state index in [1.54, 1.807) is 0 Å². The first-order valence-corrected chi connectivity index (χ1v) is 11.6. The quantitative estimate of drug-likeness (QED) is 0.176. The van der Waals surface area contributed by atoms with Gasteiger partial charge >= 0.3 is 11.0 Å². The van der Waals surface area contributed by atoms with Crippen molar-refractivity contribution in [3.63, 3.8) is 0 Å². The molecule has 0 unspecified atom stereocenters. The lowest BCUT2D eigenvalue weighted by Gasteiger charge is -2.38. The van der Waals surface area contributed by atoms with Gasteiger partial charge in [0.05, 0.1) is 19.6 Å². The van der Waals surface area contributed by atoms with E-state index in [0.29, 0.717) is 12.8 Å². The molecule has 0 aromatic rings. The maximum absolute atomic E-state index is 13.0. The van der Waals surface area contributed by atoms with Gasteiger partial charge in [-0.2, -0.15) is 26.3 Å². The van der Waals surface area contributed by atoms with E-state index in [1.807, 2.05) is 6.92 Å². The molecule has 0 saturated carbocycles. The summed E-state index contributed by atoms with van der Waals surface area (Å²) in [5.74, 6) is -1.64. The highest BCUT2D eigenvalue weighted by atomic mass is 32.3. The van der Waals surface area contributed by atoms with Crippen molar-refractivity contribution in [3.05, 3.63) is 0 Å². The summed E-state index contributed by atoms with van der Waals surface area (Å²) in [6, 6.07) is 0. The third-order valence-electron chi connectivity index (χ3n) is 4.59. The number of rotatable bonds is 10. The molecule has 168 valence electrons. The van der Waals surface area contributed by atoms with E-state index < -0.39 is 45.6 Å². The molecule has 0 amide bonds. The summed E-state index contributed by atoms with van der Waals surface area (Å²) < 4.78 is 120. The summed E-state index contributed by atoms with van der Waals surface area (Å²) >= 11 is 0. The predicted molar refractivity (Wildman–Crippen MR) is 91.8 cm³/mol. The van der Waals surface area contributed by atoms with Gasteiger partial charge in [0.15, 0.2) is 0 Å². The Balaban J connectivity index is 6.54. The number of sulfone groups is 2. The highest BCUT2D eigenvalue weighted by Gasteiger charge is 2.67. The maximum atomic E-state index is 13.0. The van der Waals surface area contributed by atoms with Crippen molar-refractivity contribution in [2.45, 2.75) is 62.1 Å². The fourth-order valence-corrected chi connectivity index (χ4v) is 6.28. The van der Waals surface area contributed by atoms with Crippen LogP contribution in [0.5, 0.6) is 0 Å². The predicted octanol–water partition coefficient (Wildman–Crippen LogP) is 3.60. The molecule has 28 heavy (non-hydrogen) atoms. The van der Waals surface area contributed by atoms with Crippen LogP contribution in [0, 0.1) is 5.41 Å². The van der Waals surface area contributed by atoms with E-state index in [4.69, 9.17) is 5.41 Å². The summed E-state index contributed by atoms with van der Waals surface area (Å²) in [5.41, 5.74) is -12.6. The van der Waals surface area contributed by atoms with Gasteiger partial charge in [-0.1, -0.05) is 19.8 Å². The van der Waals surface area contributed by atoms with Crippen LogP contribution in [0.4, 0.5) is 26.3 Å². The summed E-state index contributed by atoms with van der Waals surface area (Å²) in [7, 11) is -13.7. The summed E-state index contributed by atoms with van der Waals surface area (Å²) in [4.78, 5) is 0. The minimum absolute atomic E-state index is 0.150. The Hall–Kier alpha value is -0.890. The minimum Gasteiger partial charge on any atom is -0.277 e. The normalized spacial score (nSPS) is 14.5. The Morgan fingerprint density at radius 3 is 1.50 bits per heavy atom. The molecular weight excluding hydrogens is 438 g/mol. The first-order chi connectivity index (χ1) is 12.5. The van der Waals surface area contributed by atoms with Gasteiger partial charge in [-0.25, -0.2) is 16.8 Å². The zero-order chi connectivity index (χ0) is 22.6. The van der Waals surface area contributed by atoms with Gasteiger partial charge < -0.3 is 0 Å². The summed E-state index contributed by atoms with van der Waals surface area (Å²) in [5, 5.41) is 7.92. The average molecular weight is 463 g/mol. The van der Waals surface area contributed by atoms with Crippen LogP contribution in [-0.4, -0.2) is 62.4 Å². The standard InChI is InChI=1S/C14H25F6N2O4S2/c1-4-7-8-9-10-22(5-2,6-3)11(21)12(27(23,24)13(15,16)17)28(25,26)14(18,19)20/h12,21H,4-10H2,1-3H3/q+1. The van der Waals surface area contributed by atoms with Crippen molar-refractivity contribution in [1.82, 2.24) is 0 Å². The van der Waals surface area contributed by atoms with Crippen LogP contribution < -0.4 is 0 Å². The molecule has 0 spiro atoms. The van der Waals surface area contributed by atoms with E-state index in [9.17, 15) is 43.2 Å². The number of halogens is 6. The molecule has 0 aliphatic rings. The number of alkyl halides is 6. The van der Waals surface area contributed by atoms with Gasteiger partial charge in [0.2, 0.25) is 5.84 Å². The third kappa shape index (κ3) is 5.38. The molecule has 14 heteroatoms. The van der Waals surface area contributed by atoms with Crippen LogP contribution in [0.15, 0.2) is 0 Å². The number of hydrogen-bond donors (Lipinski definition) is 1. The van der Waals surface area contributed by atoms with Crippen molar-refractivity contribution in [1.29, 1.82) is 5.41 Å². The number of quaternary nitrogens is 1. The highest BCUT2D eigenvalue weighted by Crippen LogP contribution is 2.38. The summed E-state index contributed by atoms with van der Waals surface area (Å²) in [6.45, 7) is 3.93. The van der Waals surface area contributed by atoms with Crippen molar-refractivity contribution in [2.24, 2.45) is 0 Å². The molecular formula is C14H25F6N2O4S2+. The van der Waals surface area contributed by atoms with E-state index in [0.717, 1.165) is 6.42 Å². The molecule has 0 rings (SSSR count). The Bertz CT molecular complexity index is 697. The third-order valence-corrected chi connectivity index (χ3v) is 8.98. The highest BCUT2D eigenvalue weighted by molar-refractivity contribution is 8.11. The zero-order valence-corrected chi connectivity index (χ0v) is 17.3. The molecule has 0 aliphatic heterocycles. The fourth-order valence-electron chi connectivity index (χ4n) is 2.77. The maximum Gasteiger partial charge on any atom is 0.499 e. The van der Waals surface area contributed by atoms with E-state index >= 15 is 0 Å². The lowest BCUT2D eigenvalue weighted by Crippen LogP contribution is -2.62. The first kappa shape index (κ1) is 27.1. The van der Waals surface area contributed by atoms with Crippen LogP contribution >= 0.6 is 0 Å². The molecule has 0 fully saturated rings. The topological polar surface area (TPSA) is 92.1 Å². The molecule has 0 radical (unpaired) electrons. The van der Waals surface area contributed by atoms with Crippen molar-refractivity contribution < 1.29 is 47.7 Å². The van der Waals surface area contributed by atoms with Gasteiger partial charge in [-0.15, -0.1) is 0 Å². The SMILES string of the molecule is CCCCCC[N+](CC)(CC)C(=N)C(S(=O)(=O)C(F)(F)F)S(=O)(=O)C(F)(F)F. The van der Waals surface area contributed by atoms with Crippen LogP contribution in [0.1, 0.15) is 46.5 Å². The van der Waals surface area contributed by atoms with Gasteiger partial charge in [0.1, 0.15) is 0 Å². The van der Waals surface area contributed by atoms with Gasteiger partial charge in [0, 0.05) is 0 Å². The lowest BCUT2D eigenvalue weighted by molar-refractivity contribution is -0.839. The van der Waals surface area contributed by atoms with Gasteiger partial charge in [-0.05, 0) is 26.7 Å². The van der Waals surface area contributed by atoms with Crippen molar-refractivity contribution >= 4 is 25.5 Å². The molecule has 0 aliphatic carbocycles. The fraction of sp³-hybridized carbons (Fsp3) is 0.929. The van der Waals surface area contributed by atoms with Crippen molar-refractivity contribution in [2.75, 3.05) is 19.6 Å². The van der Waals surface area contributed by atoms with Crippen LogP contribution in [0.25, 0.3) is 0 Å². The lowest BCUT2D eigenvalue weighted by atomic mass is 10.1. The number of hydrogen-bond acceptors (Lipinski definition) is 5. The minimum atomic E-state index is -6.87. The van der Waals surface area contributed by atoms with Gasteiger partial charge in [-0.3, -0.25) is 9.89 Å². The van der Waals surface area contributed by atoms with Crippen LogP contribution in [-0.2, 0) is 19.7 Å². The molecule has 0 saturated heterocycles. The zero-order valence-electron chi connectivity index (χ0n) is 15.7. The number of nitrogens with one attached hydrogen (secondary N) is 1. The van der Waals surface area contributed by atoms with E-state index in [1.165, 1.54) is 13.8 Å². The Kier molecular flexibility index (Phi) is 8.99. The molecule has 1 N–H and O–H groups in total. The molecule has 0 heterocycles. The monoisotopic (exact) mass is 463 g/mol. The molecule has 0 aromatic heterocycles. The molecule has 0 aromatic carbocycles. The van der Waals surface area contributed by atoms with E-state index in [-0.39, 0.29) is 26.1 Å². The smallest absolute Gasteiger partial charge is 0.277 e. The summed E-state index contributed by atoms with van der Waals surface area (Å²) in [6.07, 6.45) is 2.32. The Morgan fingerprint density at radius 2 is 1.21 bits per heavy atom. The second-order valence-electron chi connectivity index (χ2n) is 6.26. The van der Waals surface area contributed by atoms with Crippen LogP contribution in [0.3, 0.4) is 0 Å². The van der Waals surface area contributed by atoms with Crippen LogP contribution in [0.2, 0.25) is 0 Å². The molecule has 0 atom stereocenters. The Labute approximate surface area is 160 Å². The number of amidine groups is 1. The number of nitrogens with zero attached hydrogens (tertiary/aromatic N) is 1. The molecule has 0 bridgehead atoms. The number of unbranched alkanes of at least 4 members (excludes halogenated alkanes) is 3. The second kappa shape index (κ2) is 9.28. The Morgan fingerprint density at radius 1 is 0.821 bits per heavy atom.